The second-order valence-electron chi connectivity index (χ2n) is 2.68. The Morgan fingerprint density at radius 1 is 1.62 bits per heavy atom. The van der Waals surface area contributed by atoms with E-state index in [-0.39, 0.29) is 12.6 Å². The minimum absolute atomic E-state index is 0.267. The van der Waals surface area contributed by atoms with Crippen molar-refractivity contribution in [2.24, 2.45) is 0 Å². The van der Waals surface area contributed by atoms with Gasteiger partial charge < -0.3 is 4.74 Å². The van der Waals surface area contributed by atoms with Crippen LogP contribution in [-0.2, 0) is 16.1 Å². The van der Waals surface area contributed by atoms with Crippen LogP contribution in [0.5, 0.6) is 0 Å². The number of aryl methyl sites for hydroxylation is 1. The quantitative estimate of drug-likeness (QED) is 0.591. The van der Waals surface area contributed by atoms with E-state index in [1.54, 1.807) is 0 Å². The number of carbonyl (C=O) groups excluding carboxylic acids is 1. The molecule has 0 amide bonds. The number of carbonyl (C=O) groups is 1. The number of halogens is 1. The molecular formula is C9H10BrNO2. The minimum Gasteiger partial charge on any atom is -0.461 e. The van der Waals surface area contributed by atoms with Gasteiger partial charge in [-0.3, -0.25) is 4.79 Å². The van der Waals surface area contributed by atoms with E-state index in [0.29, 0.717) is 0 Å². The number of aromatic nitrogens is 1. The van der Waals surface area contributed by atoms with Crippen LogP contribution >= 0.6 is 15.9 Å². The highest BCUT2D eigenvalue weighted by Crippen LogP contribution is 2.15. The predicted molar refractivity (Wildman–Crippen MR) is 52.1 cm³/mol. The third-order valence-electron chi connectivity index (χ3n) is 1.50. The maximum absolute atomic E-state index is 10.5. The fourth-order valence-electron chi connectivity index (χ4n) is 0.841. The van der Waals surface area contributed by atoms with Crippen LogP contribution < -0.4 is 0 Å². The van der Waals surface area contributed by atoms with Crippen LogP contribution in [0.3, 0.4) is 0 Å². The molecular weight excluding hydrogens is 234 g/mol. The first-order chi connectivity index (χ1) is 6.09. The van der Waals surface area contributed by atoms with Crippen molar-refractivity contribution in [3.63, 3.8) is 0 Å². The van der Waals surface area contributed by atoms with Crippen LogP contribution in [0.2, 0.25) is 0 Å². The summed E-state index contributed by atoms with van der Waals surface area (Å²) in [6.45, 7) is 3.55. The van der Waals surface area contributed by atoms with Gasteiger partial charge in [0.05, 0.1) is 0 Å². The van der Waals surface area contributed by atoms with E-state index < -0.39 is 0 Å². The molecule has 0 aliphatic carbocycles. The largest absolute Gasteiger partial charge is 0.461 e. The summed E-state index contributed by atoms with van der Waals surface area (Å²) in [5, 5.41) is 0. The molecule has 0 spiro atoms. The topological polar surface area (TPSA) is 39.2 Å². The molecule has 1 rings (SSSR count). The number of hydrogen-bond acceptors (Lipinski definition) is 3. The van der Waals surface area contributed by atoms with Gasteiger partial charge in [-0.2, -0.15) is 0 Å². The third-order valence-corrected chi connectivity index (χ3v) is 2.18. The van der Waals surface area contributed by atoms with E-state index in [1.807, 2.05) is 19.1 Å². The van der Waals surface area contributed by atoms with Gasteiger partial charge >= 0.3 is 5.97 Å². The normalized spacial score (nSPS) is 9.77. The SMILES string of the molecule is CC(=O)OCc1ccc(C)nc1Br. The zero-order valence-corrected chi connectivity index (χ0v) is 9.09. The lowest BCUT2D eigenvalue weighted by Gasteiger charge is -2.04. The number of nitrogens with zero attached hydrogens (tertiary/aromatic N) is 1. The number of ether oxygens (including phenoxy) is 1. The first-order valence-electron chi connectivity index (χ1n) is 3.85. The third kappa shape index (κ3) is 3.14. The Hall–Kier alpha value is -0.900. The second kappa shape index (κ2) is 4.37. The molecule has 4 heteroatoms. The van der Waals surface area contributed by atoms with Crippen LogP contribution in [0.25, 0.3) is 0 Å². The van der Waals surface area contributed by atoms with Gasteiger partial charge in [-0.15, -0.1) is 0 Å². The molecule has 0 bridgehead atoms. The molecule has 0 N–H and O–H groups in total. The molecule has 0 fully saturated rings. The van der Waals surface area contributed by atoms with Gasteiger partial charge in [0.1, 0.15) is 11.2 Å². The van der Waals surface area contributed by atoms with Crippen molar-refractivity contribution in [3.05, 3.63) is 28.0 Å². The molecule has 1 aromatic rings. The van der Waals surface area contributed by atoms with Crippen molar-refractivity contribution in [1.82, 2.24) is 4.98 Å². The van der Waals surface area contributed by atoms with Crippen molar-refractivity contribution in [1.29, 1.82) is 0 Å². The van der Waals surface area contributed by atoms with Gasteiger partial charge in [-0.25, -0.2) is 4.98 Å². The Balaban J connectivity index is 2.72. The van der Waals surface area contributed by atoms with Crippen molar-refractivity contribution in [3.8, 4) is 0 Å². The van der Waals surface area contributed by atoms with E-state index in [9.17, 15) is 4.79 Å². The lowest BCUT2D eigenvalue weighted by molar-refractivity contribution is -0.142. The standard InChI is InChI=1S/C9H10BrNO2/c1-6-3-4-8(9(10)11-6)5-13-7(2)12/h3-4H,5H2,1-2H3. The zero-order valence-electron chi connectivity index (χ0n) is 7.50. The van der Waals surface area contributed by atoms with Gasteiger partial charge in [-0.1, -0.05) is 6.07 Å². The number of esters is 1. The van der Waals surface area contributed by atoms with E-state index in [4.69, 9.17) is 4.74 Å². The van der Waals surface area contributed by atoms with Gasteiger partial charge in [0.2, 0.25) is 0 Å². The summed E-state index contributed by atoms with van der Waals surface area (Å²) in [7, 11) is 0. The van der Waals surface area contributed by atoms with Crippen molar-refractivity contribution < 1.29 is 9.53 Å². The Kier molecular flexibility index (Phi) is 3.42. The van der Waals surface area contributed by atoms with Crippen molar-refractivity contribution >= 4 is 21.9 Å². The zero-order chi connectivity index (χ0) is 9.84. The number of hydrogen-bond donors (Lipinski definition) is 0. The van der Waals surface area contributed by atoms with Crippen LogP contribution in [0.1, 0.15) is 18.2 Å². The molecule has 0 unspecified atom stereocenters. The van der Waals surface area contributed by atoms with Crippen LogP contribution in [0.4, 0.5) is 0 Å². The number of pyridine rings is 1. The van der Waals surface area contributed by atoms with Crippen LogP contribution in [0, 0.1) is 6.92 Å². The fourth-order valence-corrected chi connectivity index (χ4v) is 1.37. The maximum atomic E-state index is 10.5. The van der Waals surface area contributed by atoms with Gasteiger partial charge in [0.15, 0.2) is 0 Å². The highest BCUT2D eigenvalue weighted by Gasteiger charge is 2.02. The molecule has 1 aromatic heterocycles. The van der Waals surface area contributed by atoms with E-state index in [1.165, 1.54) is 6.92 Å². The lowest BCUT2D eigenvalue weighted by Crippen LogP contribution is -2.00. The first kappa shape index (κ1) is 10.2. The average molecular weight is 244 g/mol. The van der Waals surface area contributed by atoms with Gasteiger partial charge in [0.25, 0.3) is 0 Å². The molecule has 3 nitrogen and oxygen atoms in total. The van der Waals surface area contributed by atoms with Gasteiger partial charge in [0, 0.05) is 18.2 Å². The van der Waals surface area contributed by atoms with Crippen LogP contribution in [-0.4, -0.2) is 11.0 Å². The predicted octanol–water partition coefficient (Wildman–Crippen LogP) is 2.22. The van der Waals surface area contributed by atoms with E-state index in [0.717, 1.165) is 15.9 Å². The summed E-state index contributed by atoms with van der Waals surface area (Å²) in [6.07, 6.45) is 0. The van der Waals surface area contributed by atoms with Crippen LogP contribution in [0.15, 0.2) is 16.7 Å². The summed E-state index contributed by atoms with van der Waals surface area (Å²) in [5.41, 5.74) is 1.80. The van der Waals surface area contributed by atoms with E-state index >= 15 is 0 Å². The Morgan fingerprint density at radius 2 is 2.31 bits per heavy atom. The minimum atomic E-state index is -0.285. The maximum Gasteiger partial charge on any atom is 0.302 e. The molecule has 70 valence electrons. The molecule has 0 saturated heterocycles. The molecule has 0 radical (unpaired) electrons. The average Bonchev–Trinajstić information content (AvgIpc) is 2.02. The summed E-state index contributed by atoms with van der Waals surface area (Å²) in [5.74, 6) is -0.285. The summed E-state index contributed by atoms with van der Waals surface area (Å²) in [6, 6.07) is 3.76. The molecule has 0 atom stereocenters. The Labute approximate surface area is 85.3 Å². The van der Waals surface area contributed by atoms with E-state index in [2.05, 4.69) is 20.9 Å². The Bertz CT molecular complexity index is 325. The lowest BCUT2D eigenvalue weighted by atomic mass is 10.3. The first-order valence-corrected chi connectivity index (χ1v) is 4.64. The monoisotopic (exact) mass is 243 g/mol. The van der Waals surface area contributed by atoms with Gasteiger partial charge in [-0.05, 0) is 28.9 Å². The highest BCUT2D eigenvalue weighted by molar-refractivity contribution is 9.10. The Morgan fingerprint density at radius 3 is 2.85 bits per heavy atom. The van der Waals surface area contributed by atoms with Crippen molar-refractivity contribution in [2.75, 3.05) is 0 Å². The molecule has 0 aliphatic heterocycles. The molecule has 0 aliphatic rings. The summed E-state index contributed by atoms with van der Waals surface area (Å²) < 4.78 is 5.57. The number of rotatable bonds is 2. The molecule has 13 heavy (non-hydrogen) atoms. The second-order valence-corrected chi connectivity index (χ2v) is 3.43. The highest BCUT2D eigenvalue weighted by atomic mass is 79.9. The smallest absolute Gasteiger partial charge is 0.302 e. The molecule has 0 saturated carbocycles. The summed E-state index contributed by atoms with van der Waals surface area (Å²) in [4.78, 5) is 14.7. The molecule has 1 heterocycles. The van der Waals surface area contributed by atoms with Crippen molar-refractivity contribution in [2.45, 2.75) is 20.5 Å². The summed E-state index contributed by atoms with van der Waals surface area (Å²) >= 11 is 3.29. The molecule has 0 aromatic carbocycles. The fraction of sp³-hybridized carbons (Fsp3) is 0.333.